The number of hydrogen-bond acceptors (Lipinski definition) is 5. The van der Waals surface area contributed by atoms with E-state index in [1.807, 2.05) is 12.1 Å². The molecule has 0 aliphatic heterocycles. The lowest BCUT2D eigenvalue weighted by molar-refractivity contribution is -0.140. The molecule has 6 heteroatoms. The minimum Gasteiger partial charge on any atom is -0.439 e. The summed E-state index contributed by atoms with van der Waals surface area (Å²) in [5.74, 6) is 0.462. The van der Waals surface area contributed by atoms with Crippen LogP contribution in [-0.4, -0.2) is 22.4 Å². The Morgan fingerprint density at radius 1 is 0.857 bits per heavy atom. The molecule has 0 radical (unpaired) electrons. The third-order valence-electron chi connectivity index (χ3n) is 3.87. The maximum absolute atomic E-state index is 12.5. The SMILES string of the molecule is CC(C)(NC(=O)c1ccccc1)C(=O)Oc1ccc(Oc2ccccn2)cc1. The first-order valence-electron chi connectivity index (χ1n) is 8.73. The molecule has 28 heavy (non-hydrogen) atoms. The van der Waals surface area contributed by atoms with Crippen LogP contribution < -0.4 is 14.8 Å². The maximum atomic E-state index is 12.5. The van der Waals surface area contributed by atoms with Gasteiger partial charge in [-0.1, -0.05) is 24.3 Å². The summed E-state index contributed by atoms with van der Waals surface area (Å²) in [6.07, 6.45) is 1.64. The summed E-state index contributed by atoms with van der Waals surface area (Å²) in [4.78, 5) is 28.9. The van der Waals surface area contributed by atoms with E-state index in [1.165, 1.54) is 0 Å². The minimum absolute atomic E-state index is 0.346. The fraction of sp³-hybridized carbons (Fsp3) is 0.136. The van der Waals surface area contributed by atoms with Crippen LogP contribution in [0.25, 0.3) is 0 Å². The van der Waals surface area contributed by atoms with Gasteiger partial charge in [0, 0.05) is 17.8 Å². The van der Waals surface area contributed by atoms with Gasteiger partial charge in [-0.15, -0.1) is 0 Å². The number of rotatable bonds is 6. The molecule has 0 atom stereocenters. The van der Waals surface area contributed by atoms with E-state index in [-0.39, 0.29) is 5.91 Å². The number of aromatic nitrogens is 1. The normalized spacial score (nSPS) is 10.8. The molecule has 0 spiro atoms. The number of nitrogens with zero attached hydrogens (tertiary/aromatic N) is 1. The van der Waals surface area contributed by atoms with Crippen LogP contribution in [0.4, 0.5) is 0 Å². The number of benzene rings is 2. The van der Waals surface area contributed by atoms with Crippen molar-refractivity contribution < 1.29 is 19.1 Å². The quantitative estimate of drug-likeness (QED) is 0.520. The Balaban J connectivity index is 1.60. The van der Waals surface area contributed by atoms with Gasteiger partial charge in [-0.3, -0.25) is 4.79 Å². The first kappa shape index (κ1) is 19.1. The van der Waals surface area contributed by atoms with Crippen LogP contribution in [0.5, 0.6) is 17.4 Å². The molecule has 3 rings (SSSR count). The molecule has 1 aromatic heterocycles. The summed E-state index contributed by atoms with van der Waals surface area (Å²) in [6.45, 7) is 3.18. The van der Waals surface area contributed by atoms with Gasteiger partial charge in [0.2, 0.25) is 5.88 Å². The summed E-state index contributed by atoms with van der Waals surface area (Å²) in [7, 11) is 0. The number of esters is 1. The van der Waals surface area contributed by atoms with Crippen LogP contribution in [0.1, 0.15) is 24.2 Å². The molecular weight excluding hydrogens is 356 g/mol. The average Bonchev–Trinajstić information content (AvgIpc) is 2.70. The Hall–Kier alpha value is -3.67. The van der Waals surface area contributed by atoms with Gasteiger partial charge in [-0.05, 0) is 56.3 Å². The number of hydrogen-bond donors (Lipinski definition) is 1. The van der Waals surface area contributed by atoms with Crippen molar-refractivity contribution in [3.05, 3.63) is 84.6 Å². The van der Waals surface area contributed by atoms with Gasteiger partial charge in [-0.25, -0.2) is 9.78 Å². The molecular formula is C22H20N2O4. The molecule has 1 heterocycles. The van der Waals surface area contributed by atoms with Crippen molar-refractivity contribution in [3.63, 3.8) is 0 Å². The highest BCUT2D eigenvalue weighted by atomic mass is 16.5. The second-order valence-electron chi connectivity index (χ2n) is 6.58. The van der Waals surface area contributed by atoms with Gasteiger partial charge in [0.25, 0.3) is 5.91 Å². The van der Waals surface area contributed by atoms with Crippen LogP contribution in [-0.2, 0) is 4.79 Å². The number of amides is 1. The molecule has 0 bridgehead atoms. The molecule has 0 saturated carbocycles. The Morgan fingerprint density at radius 2 is 1.50 bits per heavy atom. The molecule has 0 aliphatic carbocycles. The second kappa shape index (κ2) is 8.35. The maximum Gasteiger partial charge on any atom is 0.336 e. The molecule has 1 amide bonds. The van der Waals surface area contributed by atoms with E-state index >= 15 is 0 Å². The summed E-state index contributed by atoms with van der Waals surface area (Å²) in [6, 6.07) is 20.6. The van der Waals surface area contributed by atoms with Gasteiger partial charge < -0.3 is 14.8 Å². The van der Waals surface area contributed by atoms with Gasteiger partial charge in [-0.2, -0.15) is 0 Å². The molecule has 3 aromatic rings. The summed E-state index contributed by atoms with van der Waals surface area (Å²) in [5, 5.41) is 2.69. The van der Waals surface area contributed by atoms with E-state index in [2.05, 4.69) is 10.3 Å². The number of pyridine rings is 1. The largest absolute Gasteiger partial charge is 0.439 e. The molecule has 0 fully saturated rings. The van der Waals surface area contributed by atoms with Crippen LogP contribution in [0, 0.1) is 0 Å². The third-order valence-corrected chi connectivity index (χ3v) is 3.87. The predicted octanol–water partition coefficient (Wildman–Crippen LogP) is 3.99. The van der Waals surface area contributed by atoms with Crippen molar-refractivity contribution in [2.24, 2.45) is 0 Å². The highest BCUT2D eigenvalue weighted by molar-refractivity contribution is 5.98. The zero-order valence-corrected chi connectivity index (χ0v) is 15.6. The Labute approximate surface area is 163 Å². The summed E-state index contributed by atoms with van der Waals surface area (Å²) in [5.41, 5.74) is -0.727. The summed E-state index contributed by atoms with van der Waals surface area (Å²) < 4.78 is 11.0. The second-order valence-corrected chi connectivity index (χ2v) is 6.58. The Morgan fingerprint density at radius 3 is 2.14 bits per heavy atom. The highest BCUT2D eigenvalue weighted by Gasteiger charge is 2.32. The minimum atomic E-state index is -1.20. The van der Waals surface area contributed by atoms with Gasteiger partial charge in [0.05, 0.1) is 0 Å². The van der Waals surface area contributed by atoms with Crippen molar-refractivity contribution in [3.8, 4) is 17.4 Å². The molecule has 142 valence electrons. The van der Waals surface area contributed by atoms with E-state index in [1.54, 1.807) is 80.7 Å². The number of nitrogens with one attached hydrogen (secondary N) is 1. The van der Waals surface area contributed by atoms with Crippen LogP contribution in [0.3, 0.4) is 0 Å². The first-order valence-corrected chi connectivity index (χ1v) is 8.73. The summed E-state index contributed by atoms with van der Waals surface area (Å²) >= 11 is 0. The lowest BCUT2D eigenvalue weighted by atomic mass is 10.0. The molecule has 2 aromatic carbocycles. The fourth-order valence-electron chi connectivity index (χ4n) is 2.34. The van der Waals surface area contributed by atoms with E-state index in [0.717, 1.165) is 0 Å². The molecule has 0 unspecified atom stereocenters. The zero-order chi connectivity index (χ0) is 20.0. The molecule has 6 nitrogen and oxygen atoms in total. The van der Waals surface area contributed by atoms with Crippen molar-refractivity contribution >= 4 is 11.9 Å². The van der Waals surface area contributed by atoms with Gasteiger partial charge in [0.15, 0.2) is 0 Å². The fourth-order valence-corrected chi connectivity index (χ4v) is 2.34. The van der Waals surface area contributed by atoms with Crippen molar-refractivity contribution in [2.45, 2.75) is 19.4 Å². The molecule has 1 N–H and O–H groups in total. The standard InChI is InChI=1S/C22H20N2O4/c1-22(2,24-20(25)16-8-4-3-5-9-16)21(26)28-18-13-11-17(12-14-18)27-19-10-6-7-15-23-19/h3-15H,1-2H3,(H,24,25). The van der Waals surface area contributed by atoms with E-state index in [9.17, 15) is 9.59 Å². The highest BCUT2D eigenvalue weighted by Crippen LogP contribution is 2.23. The first-order chi connectivity index (χ1) is 13.4. The lowest BCUT2D eigenvalue weighted by Crippen LogP contribution is -2.51. The average molecular weight is 376 g/mol. The van der Waals surface area contributed by atoms with Gasteiger partial charge in [0.1, 0.15) is 17.0 Å². The monoisotopic (exact) mass is 376 g/mol. The van der Waals surface area contributed by atoms with E-state index < -0.39 is 11.5 Å². The number of ether oxygens (including phenoxy) is 2. The zero-order valence-electron chi connectivity index (χ0n) is 15.6. The Kier molecular flexibility index (Phi) is 5.69. The van der Waals surface area contributed by atoms with Crippen molar-refractivity contribution in [1.29, 1.82) is 0 Å². The van der Waals surface area contributed by atoms with Crippen LogP contribution in [0.2, 0.25) is 0 Å². The van der Waals surface area contributed by atoms with Crippen molar-refractivity contribution in [1.82, 2.24) is 10.3 Å². The topological polar surface area (TPSA) is 77.5 Å². The van der Waals surface area contributed by atoms with E-state index in [0.29, 0.717) is 22.9 Å². The Bertz CT molecular complexity index is 939. The van der Waals surface area contributed by atoms with Gasteiger partial charge >= 0.3 is 5.97 Å². The molecule has 0 aliphatic rings. The van der Waals surface area contributed by atoms with Crippen molar-refractivity contribution in [2.75, 3.05) is 0 Å². The third kappa shape index (κ3) is 4.94. The number of carbonyl (C=O) groups is 2. The van der Waals surface area contributed by atoms with Crippen LogP contribution in [0.15, 0.2) is 79.0 Å². The van der Waals surface area contributed by atoms with Crippen LogP contribution >= 0.6 is 0 Å². The van der Waals surface area contributed by atoms with E-state index in [4.69, 9.17) is 9.47 Å². The smallest absolute Gasteiger partial charge is 0.336 e. The lowest BCUT2D eigenvalue weighted by Gasteiger charge is -2.24. The molecule has 0 saturated heterocycles. The predicted molar refractivity (Wildman–Crippen MR) is 104 cm³/mol. The number of carbonyl (C=O) groups excluding carboxylic acids is 2.